The van der Waals surface area contributed by atoms with E-state index >= 15 is 0 Å². The molecule has 0 aliphatic carbocycles. The fourth-order valence-corrected chi connectivity index (χ4v) is 3.12. The summed E-state index contributed by atoms with van der Waals surface area (Å²) in [5.41, 5.74) is 3.17. The molecule has 7 heteroatoms. The summed E-state index contributed by atoms with van der Waals surface area (Å²) >= 11 is 7.79. The third-order valence-electron chi connectivity index (χ3n) is 2.16. The van der Waals surface area contributed by atoms with Gasteiger partial charge in [0.1, 0.15) is 5.75 Å². The first kappa shape index (κ1) is 14.2. The lowest BCUT2D eigenvalue weighted by Gasteiger charge is -2.02. The molecule has 0 saturated carbocycles. The number of nitrogens with zero attached hydrogens (tertiary/aromatic N) is 1. The second-order valence-corrected chi connectivity index (χ2v) is 6.17. The van der Waals surface area contributed by atoms with Gasteiger partial charge in [0.2, 0.25) is 0 Å². The van der Waals surface area contributed by atoms with Crippen molar-refractivity contribution < 1.29 is 9.90 Å². The fraction of sp³-hybridized carbons (Fsp3) is 0. The van der Waals surface area contributed by atoms with E-state index in [9.17, 15) is 9.90 Å². The molecule has 1 amide bonds. The molecule has 0 fully saturated rings. The van der Waals surface area contributed by atoms with E-state index < -0.39 is 0 Å². The average molecular weight is 404 g/mol. The molecule has 4 nitrogen and oxygen atoms in total. The van der Waals surface area contributed by atoms with E-state index in [2.05, 4.69) is 42.4 Å². The van der Waals surface area contributed by atoms with Gasteiger partial charge in [0, 0.05) is 0 Å². The maximum Gasteiger partial charge on any atom is 0.281 e. The van der Waals surface area contributed by atoms with Gasteiger partial charge < -0.3 is 5.11 Å². The van der Waals surface area contributed by atoms with Crippen LogP contribution in [0.3, 0.4) is 0 Å². The summed E-state index contributed by atoms with van der Waals surface area (Å²) in [6.07, 6.45) is 1.50. The lowest BCUT2D eigenvalue weighted by molar-refractivity contribution is 0.0959. The first-order valence-electron chi connectivity index (χ1n) is 5.13. The Labute approximate surface area is 130 Å². The molecule has 0 bridgehead atoms. The summed E-state index contributed by atoms with van der Waals surface area (Å²) in [4.78, 5) is 12.2. The van der Waals surface area contributed by atoms with E-state index in [1.54, 1.807) is 24.3 Å². The van der Waals surface area contributed by atoms with Crippen LogP contribution in [0.25, 0.3) is 0 Å². The van der Waals surface area contributed by atoms with E-state index in [1.165, 1.54) is 17.6 Å². The number of phenols is 1. The van der Waals surface area contributed by atoms with Crippen LogP contribution in [0, 0.1) is 0 Å². The van der Waals surface area contributed by atoms with Gasteiger partial charge in [-0.1, -0.05) is 6.07 Å². The van der Waals surface area contributed by atoms with E-state index in [0.717, 1.165) is 5.56 Å². The van der Waals surface area contributed by atoms with Gasteiger partial charge in [-0.15, -0.1) is 11.3 Å². The highest BCUT2D eigenvalue weighted by atomic mass is 79.9. The number of carbonyl (C=O) groups is 1. The standard InChI is InChI=1S/C12H8Br2N2O2S/c13-8-4-7(5-9(14)11(8)17)6-15-16-12(18)10-2-1-3-19-10/h1-6,17H,(H,16,18). The highest BCUT2D eigenvalue weighted by Crippen LogP contribution is 2.32. The molecule has 19 heavy (non-hydrogen) atoms. The highest BCUT2D eigenvalue weighted by Gasteiger charge is 2.06. The average Bonchev–Trinajstić information content (AvgIpc) is 2.89. The van der Waals surface area contributed by atoms with Crippen LogP contribution in [0.2, 0.25) is 0 Å². The van der Waals surface area contributed by atoms with Gasteiger partial charge in [-0.3, -0.25) is 4.79 Å². The Bertz CT molecular complexity index is 604. The summed E-state index contributed by atoms with van der Waals surface area (Å²) < 4.78 is 1.10. The molecule has 98 valence electrons. The number of halogens is 2. The monoisotopic (exact) mass is 402 g/mol. The zero-order valence-electron chi connectivity index (χ0n) is 9.43. The van der Waals surface area contributed by atoms with E-state index in [4.69, 9.17) is 0 Å². The number of hydrogen-bond acceptors (Lipinski definition) is 4. The Kier molecular flexibility index (Phi) is 4.73. The van der Waals surface area contributed by atoms with Crippen molar-refractivity contribution in [2.24, 2.45) is 5.10 Å². The minimum absolute atomic E-state index is 0.125. The number of amides is 1. The molecular formula is C12H8Br2N2O2S. The first-order chi connectivity index (χ1) is 9.08. The molecule has 1 aromatic heterocycles. The number of hydrogen-bond donors (Lipinski definition) is 2. The first-order valence-corrected chi connectivity index (χ1v) is 7.59. The molecule has 0 unspecified atom stereocenters. The fourth-order valence-electron chi connectivity index (χ4n) is 1.29. The number of carbonyl (C=O) groups excluding carboxylic acids is 1. The maximum atomic E-state index is 11.6. The van der Waals surface area contributed by atoms with Crippen molar-refractivity contribution in [3.63, 3.8) is 0 Å². The SMILES string of the molecule is O=C(NN=Cc1cc(Br)c(O)c(Br)c1)c1cccs1. The Hall–Kier alpha value is -1.18. The molecule has 0 aliphatic heterocycles. The van der Waals surface area contributed by atoms with Crippen molar-refractivity contribution in [2.75, 3.05) is 0 Å². The second kappa shape index (κ2) is 6.31. The molecule has 2 aromatic rings. The van der Waals surface area contributed by atoms with Gasteiger partial charge >= 0.3 is 0 Å². The summed E-state index contributed by atoms with van der Waals surface area (Å²) in [7, 11) is 0. The topological polar surface area (TPSA) is 61.7 Å². The Balaban J connectivity index is 2.05. The molecule has 1 heterocycles. The number of thiophene rings is 1. The predicted molar refractivity (Wildman–Crippen MR) is 82.9 cm³/mol. The smallest absolute Gasteiger partial charge is 0.281 e. The van der Waals surface area contributed by atoms with Crippen LogP contribution in [0.15, 0.2) is 43.7 Å². The van der Waals surface area contributed by atoms with Crippen molar-refractivity contribution in [3.8, 4) is 5.75 Å². The number of phenolic OH excluding ortho intramolecular Hbond substituents is 1. The Morgan fingerprint density at radius 1 is 1.37 bits per heavy atom. The maximum absolute atomic E-state index is 11.6. The van der Waals surface area contributed by atoms with Gasteiger partial charge in [0.25, 0.3) is 5.91 Å². The Morgan fingerprint density at radius 3 is 2.63 bits per heavy atom. The zero-order valence-corrected chi connectivity index (χ0v) is 13.4. The van der Waals surface area contributed by atoms with Crippen LogP contribution >= 0.6 is 43.2 Å². The number of rotatable bonds is 3. The minimum Gasteiger partial charge on any atom is -0.506 e. The summed E-state index contributed by atoms with van der Waals surface area (Å²) in [5.74, 6) is -0.122. The molecular weight excluding hydrogens is 396 g/mol. The predicted octanol–water partition coefficient (Wildman–Crippen LogP) is 3.74. The second-order valence-electron chi connectivity index (χ2n) is 3.51. The van der Waals surface area contributed by atoms with Gasteiger partial charge in [0.15, 0.2) is 0 Å². The van der Waals surface area contributed by atoms with E-state index in [-0.39, 0.29) is 11.7 Å². The van der Waals surface area contributed by atoms with Crippen LogP contribution in [-0.4, -0.2) is 17.2 Å². The number of aromatic hydroxyl groups is 1. The molecule has 0 atom stereocenters. The molecule has 0 saturated heterocycles. The minimum atomic E-state index is -0.247. The third kappa shape index (κ3) is 3.65. The van der Waals surface area contributed by atoms with Crippen molar-refractivity contribution in [3.05, 3.63) is 49.0 Å². The van der Waals surface area contributed by atoms with Crippen LogP contribution in [-0.2, 0) is 0 Å². The molecule has 2 N–H and O–H groups in total. The van der Waals surface area contributed by atoms with Crippen molar-refractivity contribution >= 4 is 55.3 Å². The van der Waals surface area contributed by atoms with E-state index in [0.29, 0.717) is 13.8 Å². The molecule has 0 radical (unpaired) electrons. The number of benzene rings is 1. The zero-order chi connectivity index (χ0) is 13.8. The van der Waals surface area contributed by atoms with Crippen molar-refractivity contribution in [2.45, 2.75) is 0 Å². The molecule has 0 spiro atoms. The molecule has 1 aromatic carbocycles. The lowest BCUT2D eigenvalue weighted by atomic mass is 10.2. The van der Waals surface area contributed by atoms with E-state index in [1.807, 2.05) is 5.38 Å². The Morgan fingerprint density at radius 2 is 2.05 bits per heavy atom. The summed E-state index contributed by atoms with van der Waals surface area (Å²) in [5, 5.41) is 15.3. The van der Waals surface area contributed by atoms with Crippen LogP contribution in [0.4, 0.5) is 0 Å². The summed E-state index contributed by atoms with van der Waals surface area (Å²) in [6, 6.07) is 6.92. The third-order valence-corrected chi connectivity index (χ3v) is 4.24. The molecule has 0 aliphatic rings. The quantitative estimate of drug-likeness (QED) is 0.605. The van der Waals surface area contributed by atoms with Gasteiger partial charge in [0.05, 0.1) is 20.0 Å². The van der Waals surface area contributed by atoms with Crippen molar-refractivity contribution in [1.29, 1.82) is 0 Å². The van der Waals surface area contributed by atoms with Gasteiger partial charge in [-0.2, -0.15) is 5.10 Å². The molecule has 2 rings (SSSR count). The van der Waals surface area contributed by atoms with Gasteiger partial charge in [-0.25, -0.2) is 5.43 Å². The van der Waals surface area contributed by atoms with Crippen LogP contribution in [0.1, 0.15) is 15.2 Å². The number of nitrogens with one attached hydrogen (secondary N) is 1. The normalized spacial score (nSPS) is 10.8. The highest BCUT2D eigenvalue weighted by molar-refractivity contribution is 9.11. The number of hydrazone groups is 1. The lowest BCUT2D eigenvalue weighted by Crippen LogP contribution is -2.16. The summed E-state index contributed by atoms with van der Waals surface area (Å²) in [6.45, 7) is 0. The van der Waals surface area contributed by atoms with Crippen LogP contribution < -0.4 is 5.43 Å². The van der Waals surface area contributed by atoms with Crippen LogP contribution in [0.5, 0.6) is 5.75 Å². The largest absolute Gasteiger partial charge is 0.506 e. The van der Waals surface area contributed by atoms with Crippen molar-refractivity contribution in [1.82, 2.24) is 5.43 Å². The van der Waals surface area contributed by atoms with Gasteiger partial charge in [-0.05, 0) is 61.0 Å².